The van der Waals surface area contributed by atoms with E-state index in [9.17, 15) is 0 Å². The third kappa shape index (κ3) is 5.45. The van der Waals surface area contributed by atoms with Crippen molar-refractivity contribution < 1.29 is 0 Å². The molecule has 4 heteroatoms. The molecule has 0 bridgehead atoms. The maximum Gasteiger partial charge on any atom is 0.0202 e. The second-order valence-corrected chi connectivity index (χ2v) is 2.88. The molecule has 0 heterocycles. The normalized spacial score (nSPS) is 8.71. The predicted octanol–water partition coefficient (Wildman–Crippen LogP) is 1.97. The van der Waals surface area contributed by atoms with Crippen LogP contribution >= 0.6 is 24.8 Å². The van der Waals surface area contributed by atoms with Gasteiger partial charge >= 0.3 is 0 Å². The second kappa shape index (κ2) is 9.28. The van der Waals surface area contributed by atoms with Crippen LogP contribution in [-0.4, -0.2) is 14.1 Å². The monoisotopic (exact) mass is 236 g/mol. The summed E-state index contributed by atoms with van der Waals surface area (Å²) in [6.07, 6.45) is 0. The van der Waals surface area contributed by atoms with Crippen LogP contribution in [-0.2, 0) is 13.1 Å². The highest BCUT2D eigenvalue weighted by Gasteiger charge is 1.92. The predicted molar refractivity (Wildman–Crippen MR) is 66.5 cm³/mol. The van der Waals surface area contributed by atoms with E-state index in [2.05, 4.69) is 34.9 Å². The zero-order valence-electron chi connectivity index (χ0n) is 8.54. The first-order valence-electron chi connectivity index (χ1n) is 4.24. The summed E-state index contributed by atoms with van der Waals surface area (Å²) in [6, 6.07) is 8.58. The van der Waals surface area contributed by atoms with Crippen LogP contribution in [0.15, 0.2) is 24.3 Å². The van der Waals surface area contributed by atoms with Crippen LogP contribution in [0.3, 0.4) is 0 Å². The number of rotatable bonds is 4. The highest BCUT2D eigenvalue weighted by Crippen LogP contribution is 2.04. The van der Waals surface area contributed by atoms with E-state index in [0.29, 0.717) is 0 Å². The average molecular weight is 237 g/mol. The molecule has 0 aliphatic rings. The summed E-state index contributed by atoms with van der Waals surface area (Å²) in [5, 5.41) is 6.27. The molecule has 0 aromatic heterocycles. The molecule has 0 atom stereocenters. The van der Waals surface area contributed by atoms with Gasteiger partial charge < -0.3 is 10.6 Å². The zero-order chi connectivity index (χ0) is 8.81. The maximum atomic E-state index is 3.13. The molecule has 0 aliphatic carbocycles. The molecule has 0 unspecified atom stereocenters. The van der Waals surface area contributed by atoms with Crippen molar-refractivity contribution in [3.63, 3.8) is 0 Å². The Labute approximate surface area is 98.3 Å². The van der Waals surface area contributed by atoms with Crippen LogP contribution in [0, 0.1) is 0 Å². The Bertz CT molecular complexity index is 220. The van der Waals surface area contributed by atoms with E-state index < -0.39 is 0 Å². The summed E-state index contributed by atoms with van der Waals surface area (Å²) in [7, 11) is 3.93. The van der Waals surface area contributed by atoms with Gasteiger partial charge in [-0.1, -0.05) is 24.3 Å². The largest absolute Gasteiger partial charge is 0.316 e. The van der Waals surface area contributed by atoms with Crippen LogP contribution in [0.25, 0.3) is 0 Å². The molecule has 1 aromatic rings. The van der Waals surface area contributed by atoms with Crippen molar-refractivity contribution in [3.05, 3.63) is 35.4 Å². The van der Waals surface area contributed by atoms with Crippen LogP contribution < -0.4 is 10.6 Å². The van der Waals surface area contributed by atoms with Crippen molar-refractivity contribution in [2.75, 3.05) is 14.1 Å². The number of nitrogens with one attached hydrogen (secondary N) is 2. The fraction of sp³-hybridized carbons (Fsp3) is 0.400. The van der Waals surface area contributed by atoms with Crippen LogP contribution in [0.4, 0.5) is 0 Å². The number of hydrogen-bond acceptors (Lipinski definition) is 2. The van der Waals surface area contributed by atoms with Crippen molar-refractivity contribution in [3.8, 4) is 0 Å². The van der Waals surface area contributed by atoms with Crippen LogP contribution in [0.1, 0.15) is 11.1 Å². The minimum absolute atomic E-state index is 0. The Kier molecular flexibility index (Phi) is 10.7. The van der Waals surface area contributed by atoms with Crippen molar-refractivity contribution in [1.29, 1.82) is 0 Å². The summed E-state index contributed by atoms with van der Waals surface area (Å²) in [6.45, 7) is 1.88. The lowest BCUT2D eigenvalue weighted by atomic mass is 10.1. The zero-order valence-corrected chi connectivity index (χ0v) is 10.2. The molecular formula is C10H18Cl2N2. The van der Waals surface area contributed by atoms with Gasteiger partial charge in [-0.3, -0.25) is 0 Å². The molecule has 0 amide bonds. The van der Waals surface area contributed by atoms with E-state index in [-0.39, 0.29) is 24.8 Å². The third-order valence-electron chi connectivity index (χ3n) is 1.75. The Hall–Kier alpha value is -0.280. The quantitative estimate of drug-likeness (QED) is 0.836. The summed E-state index contributed by atoms with van der Waals surface area (Å²) < 4.78 is 0. The van der Waals surface area contributed by atoms with Crippen molar-refractivity contribution in [2.45, 2.75) is 13.1 Å². The van der Waals surface area contributed by atoms with Gasteiger partial charge in [0.05, 0.1) is 0 Å². The third-order valence-corrected chi connectivity index (χ3v) is 1.75. The highest BCUT2D eigenvalue weighted by atomic mass is 35.5. The van der Waals surface area contributed by atoms with E-state index in [4.69, 9.17) is 0 Å². The lowest BCUT2D eigenvalue weighted by Gasteiger charge is -2.03. The summed E-state index contributed by atoms with van der Waals surface area (Å²) >= 11 is 0. The minimum Gasteiger partial charge on any atom is -0.316 e. The molecule has 2 nitrogen and oxygen atoms in total. The minimum atomic E-state index is 0. The summed E-state index contributed by atoms with van der Waals surface area (Å²) in [5.41, 5.74) is 2.68. The number of halogens is 2. The van der Waals surface area contributed by atoms with E-state index in [0.717, 1.165) is 13.1 Å². The molecule has 0 aliphatic heterocycles. The molecule has 2 N–H and O–H groups in total. The number of hydrogen-bond donors (Lipinski definition) is 2. The summed E-state index contributed by atoms with van der Waals surface area (Å²) in [4.78, 5) is 0. The molecule has 0 saturated heterocycles. The van der Waals surface area contributed by atoms with Crippen molar-refractivity contribution in [2.24, 2.45) is 0 Å². The van der Waals surface area contributed by atoms with Gasteiger partial charge in [-0.15, -0.1) is 24.8 Å². The molecule has 0 saturated carbocycles. The Morgan fingerprint density at radius 2 is 1.36 bits per heavy atom. The highest BCUT2D eigenvalue weighted by molar-refractivity contribution is 5.85. The van der Waals surface area contributed by atoms with E-state index in [1.807, 2.05) is 14.1 Å². The first-order valence-corrected chi connectivity index (χ1v) is 4.24. The number of benzene rings is 1. The van der Waals surface area contributed by atoms with E-state index in [1.54, 1.807) is 0 Å². The van der Waals surface area contributed by atoms with Gasteiger partial charge in [0, 0.05) is 13.1 Å². The molecule has 14 heavy (non-hydrogen) atoms. The fourth-order valence-corrected chi connectivity index (χ4v) is 1.26. The van der Waals surface area contributed by atoms with Crippen LogP contribution in [0.2, 0.25) is 0 Å². The van der Waals surface area contributed by atoms with Crippen LogP contribution in [0.5, 0.6) is 0 Å². The van der Waals surface area contributed by atoms with E-state index >= 15 is 0 Å². The first kappa shape index (κ1) is 16.2. The Morgan fingerprint density at radius 3 is 1.71 bits per heavy atom. The Balaban J connectivity index is 0. The lowest BCUT2D eigenvalue weighted by Crippen LogP contribution is -2.08. The smallest absolute Gasteiger partial charge is 0.0202 e. The van der Waals surface area contributed by atoms with Crippen molar-refractivity contribution >= 4 is 24.8 Å². The lowest BCUT2D eigenvalue weighted by molar-refractivity contribution is 0.797. The van der Waals surface area contributed by atoms with Gasteiger partial charge in [-0.05, 0) is 25.2 Å². The van der Waals surface area contributed by atoms with Gasteiger partial charge in [0.2, 0.25) is 0 Å². The molecule has 82 valence electrons. The maximum absolute atomic E-state index is 3.13. The SMILES string of the molecule is CNCc1cccc(CNC)c1.Cl.Cl. The fourth-order valence-electron chi connectivity index (χ4n) is 1.26. The average Bonchev–Trinajstić information content (AvgIpc) is 2.06. The van der Waals surface area contributed by atoms with Gasteiger partial charge in [0.25, 0.3) is 0 Å². The Morgan fingerprint density at radius 1 is 0.929 bits per heavy atom. The van der Waals surface area contributed by atoms with Gasteiger partial charge in [-0.2, -0.15) is 0 Å². The molecular weight excluding hydrogens is 219 g/mol. The molecule has 0 spiro atoms. The molecule has 1 rings (SSSR count). The van der Waals surface area contributed by atoms with Gasteiger partial charge in [-0.25, -0.2) is 0 Å². The second-order valence-electron chi connectivity index (χ2n) is 2.88. The topological polar surface area (TPSA) is 24.1 Å². The molecule has 1 aromatic carbocycles. The van der Waals surface area contributed by atoms with Gasteiger partial charge in [0.1, 0.15) is 0 Å². The summed E-state index contributed by atoms with van der Waals surface area (Å²) in [5.74, 6) is 0. The molecule has 0 radical (unpaired) electrons. The van der Waals surface area contributed by atoms with Gasteiger partial charge in [0.15, 0.2) is 0 Å². The first-order chi connectivity index (χ1) is 5.86. The van der Waals surface area contributed by atoms with E-state index in [1.165, 1.54) is 11.1 Å². The molecule has 0 fully saturated rings. The van der Waals surface area contributed by atoms with Crippen molar-refractivity contribution in [1.82, 2.24) is 10.6 Å². The standard InChI is InChI=1S/C10H16N2.2ClH/c1-11-7-9-4-3-5-10(6-9)8-12-2;;/h3-6,11-12H,7-8H2,1-2H3;2*1H.